The van der Waals surface area contributed by atoms with Crippen LogP contribution in [0.4, 0.5) is 5.69 Å². The first-order valence-electron chi connectivity index (χ1n) is 4.04. The average Bonchev–Trinajstić information content (AvgIpc) is 2.29. The van der Waals surface area contributed by atoms with Gasteiger partial charge in [-0.15, -0.1) is 0 Å². The summed E-state index contributed by atoms with van der Waals surface area (Å²) in [6, 6.07) is 5.51. The highest BCUT2D eigenvalue weighted by Gasteiger charge is 2.13. The summed E-state index contributed by atoms with van der Waals surface area (Å²) in [5.74, 6) is 0. The predicted octanol–water partition coefficient (Wildman–Crippen LogP) is 2.36. The molecule has 0 fully saturated rings. The Morgan fingerprint density at radius 2 is 2.07 bits per heavy atom. The molecule has 0 spiro atoms. The normalized spacial score (nSPS) is 15.2. The van der Waals surface area contributed by atoms with Gasteiger partial charge in [-0.3, -0.25) is 0 Å². The van der Waals surface area contributed by atoms with Crippen LogP contribution in [-0.4, -0.2) is 16.5 Å². The number of thiocarbonyl (C=S) groups is 2. The Balaban J connectivity index is 2.52. The van der Waals surface area contributed by atoms with Crippen molar-refractivity contribution in [3.63, 3.8) is 0 Å². The van der Waals surface area contributed by atoms with Crippen molar-refractivity contribution in [2.45, 2.75) is 0 Å². The molecule has 0 aliphatic carbocycles. The fraction of sp³-hybridized carbons (Fsp3) is 0.111. The van der Waals surface area contributed by atoms with Crippen molar-refractivity contribution in [2.75, 3.05) is 11.9 Å². The lowest BCUT2D eigenvalue weighted by molar-refractivity contribution is 1.12. The fourth-order valence-corrected chi connectivity index (χ4v) is 1.86. The quantitative estimate of drug-likeness (QED) is 0.682. The molecule has 0 amide bonds. The van der Waals surface area contributed by atoms with Gasteiger partial charge in [-0.1, -0.05) is 36.0 Å². The lowest BCUT2D eigenvalue weighted by atomic mass is 10.2. The molecule has 0 aromatic heterocycles. The average molecular weight is 243 g/mol. The number of nitrogens with one attached hydrogen (secondary N) is 2. The van der Waals surface area contributed by atoms with Gasteiger partial charge in [-0.25, -0.2) is 0 Å². The molecule has 2 N–H and O–H groups in total. The topological polar surface area (TPSA) is 24.1 Å². The summed E-state index contributed by atoms with van der Waals surface area (Å²) in [6.07, 6.45) is 0. The van der Waals surface area contributed by atoms with Crippen LogP contribution in [0.25, 0.3) is 0 Å². The minimum atomic E-state index is 0.570. The minimum absolute atomic E-state index is 0.570. The molecule has 0 atom stereocenters. The fourth-order valence-electron chi connectivity index (χ4n) is 1.26. The number of hydrogen-bond acceptors (Lipinski definition) is 2. The van der Waals surface area contributed by atoms with E-state index in [2.05, 4.69) is 10.6 Å². The molecule has 1 aromatic carbocycles. The summed E-state index contributed by atoms with van der Waals surface area (Å²) in [4.78, 5) is 1.41. The van der Waals surface area contributed by atoms with E-state index in [9.17, 15) is 0 Å². The molecular weight excluding hydrogens is 236 g/mol. The number of fused-ring (bicyclic) bond motifs is 1. The van der Waals surface area contributed by atoms with Crippen molar-refractivity contribution in [2.24, 2.45) is 0 Å². The van der Waals surface area contributed by atoms with Crippen LogP contribution in [0.2, 0.25) is 5.02 Å². The molecule has 72 valence electrons. The standard InChI is InChI=1S/C9H7ClN2S2/c10-5-1-2-7-6(3-5)9(14)11-4-8(13)12-7/h1-3H,4H2,(H,11,14)(H,12,13). The van der Waals surface area contributed by atoms with Crippen molar-refractivity contribution >= 4 is 51.7 Å². The number of hydrogen-bond donors (Lipinski definition) is 2. The molecule has 5 heteroatoms. The first-order chi connectivity index (χ1) is 6.66. The lowest BCUT2D eigenvalue weighted by Crippen LogP contribution is -2.26. The van der Waals surface area contributed by atoms with E-state index in [1.165, 1.54) is 0 Å². The zero-order valence-electron chi connectivity index (χ0n) is 7.13. The molecule has 2 rings (SSSR count). The molecule has 0 saturated carbocycles. The highest BCUT2D eigenvalue weighted by atomic mass is 35.5. The predicted molar refractivity (Wildman–Crippen MR) is 67.4 cm³/mol. The number of halogens is 1. The van der Waals surface area contributed by atoms with Gasteiger partial charge in [0.2, 0.25) is 0 Å². The zero-order valence-corrected chi connectivity index (χ0v) is 9.52. The maximum absolute atomic E-state index is 5.88. The molecule has 1 aromatic rings. The molecule has 1 aliphatic heterocycles. The first-order valence-corrected chi connectivity index (χ1v) is 5.24. The Bertz CT molecular complexity index is 417. The Hall–Kier alpha value is -0.710. The van der Waals surface area contributed by atoms with Gasteiger partial charge in [0.25, 0.3) is 0 Å². The summed E-state index contributed by atoms with van der Waals surface area (Å²) in [7, 11) is 0. The number of rotatable bonds is 0. The molecule has 0 unspecified atom stereocenters. The molecular formula is C9H7ClN2S2. The van der Waals surface area contributed by atoms with Crippen LogP contribution in [-0.2, 0) is 0 Å². The third kappa shape index (κ3) is 1.87. The van der Waals surface area contributed by atoms with Gasteiger partial charge in [0.1, 0.15) is 4.99 Å². The maximum Gasteiger partial charge on any atom is 0.109 e. The molecule has 2 nitrogen and oxygen atoms in total. The van der Waals surface area contributed by atoms with E-state index in [1.54, 1.807) is 0 Å². The molecule has 0 radical (unpaired) electrons. The van der Waals surface area contributed by atoms with Crippen LogP contribution in [0.5, 0.6) is 0 Å². The van der Waals surface area contributed by atoms with Crippen molar-refractivity contribution in [1.82, 2.24) is 5.32 Å². The van der Waals surface area contributed by atoms with E-state index in [1.807, 2.05) is 18.2 Å². The van der Waals surface area contributed by atoms with Crippen LogP contribution in [0, 0.1) is 0 Å². The van der Waals surface area contributed by atoms with Crippen LogP contribution in [0.3, 0.4) is 0 Å². The van der Waals surface area contributed by atoms with E-state index in [0.29, 0.717) is 16.6 Å². The number of benzene rings is 1. The van der Waals surface area contributed by atoms with E-state index in [0.717, 1.165) is 16.2 Å². The highest BCUT2D eigenvalue weighted by molar-refractivity contribution is 7.81. The lowest BCUT2D eigenvalue weighted by Gasteiger charge is -2.06. The van der Waals surface area contributed by atoms with Gasteiger partial charge in [0, 0.05) is 16.3 Å². The molecule has 1 heterocycles. The first kappa shape index (κ1) is 9.83. The van der Waals surface area contributed by atoms with Gasteiger partial charge < -0.3 is 10.6 Å². The van der Waals surface area contributed by atoms with E-state index < -0.39 is 0 Å². The van der Waals surface area contributed by atoms with Crippen molar-refractivity contribution < 1.29 is 0 Å². The Kier molecular flexibility index (Phi) is 2.67. The maximum atomic E-state index is 5.88. The van der Waals surface area contributed by atoms with E-state index in [4.69, 9.17) is 36.0 Å². The second kappa shape index (κ2) is 3.81. The van der Waals surface area contributed by atoms with Crippen molar-refractivity contribution in [1.29, 1.82) is 0 Å². The molecule has 0 bridgehead atoms. The summed E-state index contributed by atoms with van der Waals surface area (Å²) in [6.45, 7) is 0.570. The highest BCUT2D eigenvalue weighted by Crippen LogP contribution is 2.22. The van der Waals surface area contributed by atoms with Crippen molar-refractivity contribution in [3.8, 4) is 0 Å². The Morgan fingerprint density at radius 1 is 1.29 bits per heavy atom. The SMILES string of the molecule is S=C1CNC(=S)c2cc(Cl)ccc2N1. The van der Waals surface area contributed by atoms with Crippen LogP contribution in [0.1, 0.15) is 5.56 Å². The number of anilines is 1. The third-order valence-corrected chi connectivity index (χ3v) is 2.76. The van der Waals surface area contributed by atoms with Gasteiger partial charge in [-0.05, 0) is 18.2 Å². The van der Waals surface area contributed by atoms with E-state index in [-0.39, 0.29) is 0 Å². The largest absolute Gasteiger partial charge is 0.369 e. The van der Waals surface area contributed by atoms with Crippen LogP contribution < -0.4 is 10.6 Å². The second-order valence-electron chi connectivity index (χ2n) is 2.92. The van der Waals surface area contributed by atoms with Gasteiger partial charge >= 0.3 is 0 Å². The zero-order chi connectivity index (χ0) is 10.1. The van der Waals surface area contributed by atoms with Crippen molar-refractivity contribution in [3.05, 3.63) is 28.8 Å². The van der Waals surface area contributed by atoms with E-state index >= 15 is 0 Å². The minimum Gasteiger partial charge on any atom is -0.369 e. The summed E-state index contributed by atoms with van der Waals surface area (Å²) < 4.78 is 0. The van der Waals surface area contributed by atoms with Gasteiger partial charge in [-0.2, -0.15) is 0 Å². The summed E-state index contributed by atoms with van der Waals surface area (Å²) >= 11 is 16.2. The Labute approximate surface area is 97.6 Å². The third-order valence-electron chi connectivity index (χ3n) is 1.91. The molecule has 1 aliphatic rings. The Morgan fingerprint density at radius 3 is 2.86 bits per heavy atom. The summed E-state index contributed by atoms with van der Waals surface area (Å²) in [5, 5.41) is 6.82. The smallest absolute Gasteiger partial charge is 0.109 e. The van der Waals surface area contributed by atoms with Gasteiger partial charge in [0.15, 0.2) is 0 Å². The summed E-state index contributed by atoms with van der Waals surface area (Å²) in [5.41, 5.74) is 1.81. The molecule has 14 heavy (non-hydrogen) atoms. The van der Waals surface area contributed by atoms with Crippen LogP contribution >= 0.6 is 36.0 Å². The molecule has 0 saturated heterocycles. The van der Waals surface area contributed by atoms with Crippen LogP contribution in [0.15, 0.2) is 18.2 Å². The van der Waals surface area contributed by atoms with Gasteiger partial charge in [0.05, 0.1) is 11.5 Å². The monoisotopic (exact) mass is 242 g/mol. The second-order valence-corrected chi connectivity index (χ2v) is 4.26.